The van der Waals surface area contributed by atoms with Gasteiger partial charge in [-0.25, -0.2) is 4.68 Å². The lowest BCUT2D eigenvalue weighted by Crippen LogP contribution is -2.13. The van der Waals surface area contributed by atoms with E-state index in [4.69, 9.17) is 4.18 Å². The van der Waals surface area contributed by atoms with Crippen LogP contribution in [0.4, 0.5) is 0 Å². The van der Waals surface area contributed by atoms with Gasteiger partial charge in [0.15, 0.2) is 5.75 Å². The summed E-state index contributed by atoms with van der Waals surface area (Å²) in [6.45, 7) is 7.53. The van der Waals surface area contributed by atoms with Crippen LogP contribution < -0.4 is 4.18 Å². The zero-order valence-electron chi connectivity index (χ0n) is 14.6. The molecule has 0 atom stereocenters. The van der Waals surface area contributed by atoms with Gasteiger partial charge in [0.1, 0.15) is 10.6 Å². The zero-order chi connectivity index (χ0) is 18.2. The summed E-state index contributed by atoms with van der Waals surface area (Å²) in [6.07, 6.45) is 0. The molecule has 25 heavy (non-hydrogen) atoms. The summed E-state index contributed by atoms with van der Waals surface area (Å²) in [7, 11) is -3.93. The monoisotopic (exact) mass is 356 g/mol. The second-order valence-corrected chi connectivity index (χ2v) is 7.66. The third-order valence-corrected chi connectivity index (χ3v) is 5.17. The molecule has 0 N–H and O–H groups in total. The van der Waals surface area contributed by atoms with Gasteiger partial charge in [-0.3, -0.25) is 0 Å². The van der Waals surface area contributed by atoms with E-state index in [1.54, 1.807) is 35.0 Å². The van der Waals surface area contributed by atoms with Crippen LogP contribution in [-0.2, 0) is 10.1 Å². The molecule has 3 aromatic rings. The maximum Gasteiger partial charge on any atom is 0.339 e. The van der Waals surface area contributed by atoms with Gasteiger partial charge < -0.3 is 4.18 Å². The van der Waals surface area contributed by atoms with E-state index >= 15 is 0 Å². The van der Waals surface area contributed by atoms with Crippen LogP contribution in [-0.4, -0.2) is 18.2 Å². The summed E-state index contributed by atoms with van der Waals surface area (Å²) < 4.78 is 32.6. The quantitative estimate of drug-likeness (QED) is 0.666. The summed E-state index contributed by atoms with van der Waals surface area (Å²) in [6, 6.07) is 14.0. The number of hydrogen-bond donors (Lipinski definition) is 0. The van der Waals surface area contributed by atoms with Crippen molar-refractivity contribution >= 4 is 10.1 Å². The van der Waals surface area contributed by atoms with E-state index in [2.05, 4.69) is 5.10 Å². The lowest BCUT2D eigenvalue weighted by molar-refractivity contribution is 0.481. The molecule has 5 nitrogen and oxygen atoms in total. The molecule has 0 saturated carbocycles. The van der Waals surface area contributed by atoms with E-state index in [0.717, 1.165) is 22.5 Å². The fourth-order valence-corrected chi connectivity index (χ4v) is 3.65. The van der Waals surface area contributed by atoms with E-state index < -0.39 is 10.1 Å². The Bertz CT molecular complexity index is 1020. The van der Waals surface area contributed by atoms with Crippen molar-refractivity contribution in [2.45, 2.75) is 32.6 Å². The van der Waals surface area contributed by atoms with Crippen LogP contribution in [0.3, 0.4) is 0 Å². The molecule has 0 unspecified atom stereocenters. The molecule has 6 heteroatoms. The normalized spacial score (nSPS) is 11.5. The molecular formula is C19H20N2O3S. The first-order chi connectivity index (χ1) is 11.8. The molecule has 0 bridgehead atoms. The summed E-state index contributed by atoms with van der Waals surface area (Å²) in [5, 5.41) is 4.44. The highest BCUT2D eigenvalue weighted by Crippen LogP contribution is 2.30. The van der Waals surface area contributed by atoms with Gasteiger partial charge in [0.05, 0.1) is 5.69 Å². The number of rotatable bonds is 4. The molecule has 1 aromatic heterocycles. The third kappa shape index (κ3) is 3.44. The van der Waals surface area contributed by atoms with Crippen molar-refractivity contribution in [2.75, 3.05) is 0 Å². The van der Waals surface area contributed by atoms with Crippen molar-refractivity contribution in [3.05, 3.63) is 71.0 Å². The first-order valence-electron chi connectivity index (χ1n) is 7.92. The Morgan fingerprint density at radius 3 is 2.24 bits per heavy atom. The lowest BCUT2D eigenvalue weighted by Gasteiger charge is -2.15. The van der Waals surface area contributed by atoms with Crippen molar-refractivity contribution in [3.8, 4) is 11.4 Å². The number of aromatic nitrogens is 2. The Hall–Kier alpha value is -2.60. The van der Waals surface area contributed by atoms with Crippen LogP contribution in [0.15, 0.2) is 53.4 Å². The Morgan fingerprint density at radius 1 is 0.960 bits per heavy atom. The van der Waals surface area contributed by atoms with E-state index in [1.165, 1.54) is 0 Å². The van der Waals surface area contributed by atoms with Crippen molar-refractivity contribution in [1.29, 1.82) is 0 Å². The van der Waals surface area contributed by atoms with Gasteiger partial charge in [-0.05, 0) is 57.5 Å². The molecule has 0 amide bonds. The molecule has 0 saturated heterocycles. The molecule has 1 heterocycles. The van der Waals surface area contributed by atoms with Crippen molar-refractivity contribution in [1.82, 2.24) is 9.78 Å². The second-order valence-electron chi connectivity index (χ2n) is 6.11. The van der Waals surface area contributed by atoms with E-state index in [0.29, 0.717) is 5.69 Å². The van der Waals surface area contributed by atoms with Gasteiger partial charge in [-0.15, -0.1) is 0 Å². The largest absolute Gasteiger partial charge is 0.376 e. The molecule has 0 fully saturated rings. The van der Waals surface area contributed by atoms with Crippen molar-refractivity contribution < 1.29 is 12.6 Å². The van der Waals surface area contributed by atoms with Crippen molar-refractivity contribution in [2.24, 2.45) is 0 Å². The van der Waals surface area contributed by atoms with Crippen LogP contribution in [0, 0.1) is 27.7 Å². The lowest BCUT2D eigenvalue weighted by atomic mass is 10.2. The molecule has 0 aliphatic carbocycles. The minimum Gasteiger partial charge on any atom is -0.376 e. The van der Waals surface area contributed by atoms with Crippen LogP contribution in [0.1, 0.15) is 22.5 Å². The topological polar surface area (TPSA) is 61.2 Å². The minimum absolute atomic E-state index is 0.126. The van der Waals surface area contributed by atoms with E-state index in [-0.39, 0.29) is 10.6 Å². The Morgan fingerprint density at radius 2 is 1.64 bits per heavy atom. The number of aryl methyl sites for hydroxylation is 4. The summed E-state index contributed by atoms with van der Waals surface area (Å²) in [5.41, 5.74) is 4.06. The highest BCUT2D eigenvalue weighted by atomic mass is 32.2. The third-order valence-electron chi connectivity index (χ3n) is 3.93. The minimum atomic E-state index is -3.93. The molecule has 130 valence electrons. The maximum atomic E-state index is 12.7. The van der Waals surface area contributed by atoms with Gasteiger partial charge in [-0.2, -0.15) is 13.5 Å². The first kappa shape index (κ1) is 17.2. The molecule has 2 aromatic carbocycles. The number of para-hydroxylation sites is 1. The maximum absolute atomic E-state index is 12.7. The molecule has 3 rings (SSSR count). The van der Waals surface area contributed by atoms with Crippen LogP contribution in [0.2, 0.25) is 0 Å². The predicted molar refractivity (Wildman–Crippen MR) is 96.8 cm³/mol. The highest BCUT2D eigenvalue weighted by Gasteiger charge is 2.21. The standard InChI is InChI=1S/C19H20N2O3S/c1-13-8-10-17(11-9-13)25(22,23)24-19-14(2)6-5-7-18(19)21-16(4)12-15(3)20-21/h5-12H,1-4H3. The molecule has 0 aliphatic rings. The highest BCUT2D eigenvalue weighted by molar-refractivity contribution is 7.87. The van der Waals surface area contributed by atoms with Gasteiger partial charge in [0.25, 0.3) is 0 Å². The van der Waals surface area contributed by atoms with Gasteiger partial charge >= 0.3 is 10.1 Å². The summed E-state index contributed by atoms with van der Waals surface area (Å²) in [5.74, 6) is 0.286. The van der Waals surface area contributed by atoms with Gasteiger partial charge in [0.2, 0.25) is 0 Å². The first-order valence-corrected chi connectivity index (χ1v) is 9.33. The number of hydrogen-bond acceptors (Lipinski definition) is 4. The molecule has 0 spiro atoms. The molecule has 0 radical (unpaired) electrons. The van der Waals surface area contributed by atoms with Gasteiger partial charge in [-0.1, -0.05) is 29.8 Å². The van der Waals surface area contributed by atoms with E-state index in [1.807, 2.05) is 45.9 Å². The van der Waals surface area contributed by atoms with Crippen LogP contribution in [0.5, 0.6) is 5.75 Å². The van der Waals surface area contributed by atoms with Crippen molar-refractivity contribution in [3.63, 3.8) is 0 Å². The summed E-state index contributed by atoms with van der Waals surface area (Å²) >= 11 is 0. The molecule has 0 aliphatic heterocycles. The molecular weight excluding hydrogens is 336 g/mol. The number of benzene rings is 2. The summed E-state index contributed by atoms with van der Waals surface area (Å²) in [4.78, 5) is 0.126. The zero-order valence-corrected chi connectivity index (χ0v) is 15.5. The number of nitrogens with zero attached hydrogens (tertiary/aromatic N) is 2. The fraction of sp³-hybridized carbons (Fsp3) is 0.211. The Balaban J connectivity index is 2.09. The average molecular weight is 356 g/mol. The van der Waals surface area contributed by atoms with Crippen LogP contribution in [0.25, 0.3) is 5.69 Å². The van der Waals surface area contributed by atoms with E-state index in [9.17, 15) is 8.42 Å². The Labute approximate surface area is 148 Å². The van der Waals surface area contributed by atoms with Gasteiger partial charge in [0, 0.05) is 5.69 Å². The fourth-order valence-electron chi connectivity index (χ4n) is 2.65. The second kappa shape index (κ2) is 6.37. The SMILES string of the molecule is Cc1ccc(S(=O)(=O)Oc2c(C)cccc2-n2nc(C)cc2C)cc1. The Kier molecular flexibility index (Phi) is 4.39. The van der Waals surface area contributed by atoms with Crippen LogP contribution >= 0.6 is 0 Å². The average Bonchev–Trinajstić information content (AvgIpc) is 2.88. The predicted octanol–water partition coefficient (Wildman–Crippen LogP) is 3.87. The smallest absolute Gasteiger partial charge is 0.339 e.